The Kier molecular flexibility index (Phi) is 3.36. The minimum atomic E-state index is -0.170. The Morgan fingerprint density at radius 1 is 1.24 bits per heavy atom. The van der Waals surface area contributed by atoms with Crippen LogP contribution in [0.4, 0.5) is 0 Å². The van der Waals surface area contributed by atoms with E-state index >= 15 is 0 Å². The number of rotatable bonds is 1. The van der Waals surface area contributed by atoms with E-state index in [1.165, 1.54) is 32.1 Å². The topological polar surface area (TPSA) is 20.2 Å². The maximum Gasteiger partial charge on any atom is 0.0568 e. The molecule has 5 atom stereocenters. The van der Waals surface area contributed by atoms with Crippen LogP contribution in [0.5, 0.6) is 0 Å². The van der Waals surface area contributed by atoms with E-state index in [4.69, 9.17) is 0 Å². The second kappa shape index (κ2) is 4.26. The van der Waals surface area contributed by atoms with Gasteiger partial charge in [-0.1, -0.05) is 40.5 Å². The van der Waals surface area contributed by atoms with Gasteiger partial charge in [0, 0.05) is 0 Å². The molecule has 2 fully saturated rings. The van der Waals surface area contributed by atoms with Gasteiger partial charge in [-0.3, -0.25) is 0 Å². The van der Waals surface area contributed by atoms with E-state index in [1.807, 2.05) is 6.92 Å². The third-order valence-electron chi connectivity index (χ3n) is 6.37. The molecular formula is C16H30O. The SMILES string of the molecule is C[C@H](O)[C@]1(C)C[C@@H]2[C@@H](CCCC2(C)C)C[C@H]1C. The Morgan fingerprint density at radius 3 is 2.47 bits per heavy atom. The fraction of sp³-hybridized carbons (Fsp3) is 1.00. The number of hydrogen-bond acceptors (Lipinski definition) is 1. The smallest absolute Gasteiger partial charge is 0.0568 e. The van der Waals surface area contributed by atoms with Crippen LogP contribution < -0.4 is 0 Å². The highest BCUT2D eigenvalue weighted by Crippen LogP contribution is 2.57. The quantitative estimate of drug-likeness (QED) is 0.724. The van der Waals surface area contributed by atoms with Crippen molar-refractivity contribution in [1.82, 2.24) is 0 Å². The minimum Gasteiger partial charge on any atom is -0.393 e. The summed E-state index contributed by atoms with van der Waals surface area (Å²) in [7, 11) is 0. The van der Waals surface area contributed by atoms with Crippen LogP contribution in [0, 0.1) is 28.6 Å². The van der Waals surface area contributed by atoms with Gasteiger partial charge in [0.05, 0.1) is 6.10 Å². The minimum absolute atomic E-state index is 0.135. The lowest BCUT2D eigenvalue weighted by molar-refractivity contribution is -0.0951. The molecule has 2 saturated carbocycles. The molecule has 0 spiro atoms. The predicted molar refractivity (Wildman–Crippen MR) is 72.8 cm³/mol. The zero-order valence-electron chi connectivity index (χ0n) is 12.3. The van der Waals surface area contributed by atoms with Crippen molar-refractivity contribution in [3.63, 3.8) is 0 Å². The maximum atomic E-state index is 10.2. The van der Waals surface area contributed by atoms with Crippen LogP contribution in [-0.4, -0.2) is 11.2 Å². The van der Waals surface area contributed by atoms with Crippen molar-refractivity contribution in [2.24, 2.45) is 28.6 Å². The van der Waals surface area contributed by atoms with E-state index < -0.39 is 0 Å². The molecule has 2 rings (SSSR count). The molecule has 0 aromatic carbocycles. The first-order chi connectivity index (χ1) is 7.77. The first-order valence-electron chi connectivity index (χ1n) is 7.45. The number of fused-ring (bicyclic) bond motifs is 1. The molecule has 0 radical (unpaired) electrons. The van der Waals surface area contributed by atoms with Crippen LogP contribution in [0.25, 0.3) is 0 Å². The lowest BCUT2D eigenvalue weighted by Gasteiger charge is -2.55. The molecule has 1 heteroatoms. The Labute approximate surface area is 107 Å². The van der Waals surface area contributed by atoms with Gasteiger partial charge in [0.15, 0.2) is 0 Å². The van der Waals surface area contributed by atoms with Gasteiger partial charge >= 0.3 is 0 Å². The number of aliphatic hydroxyl groups is 1. The largest absolute Gasteiger partial charge is 0.393 e. The van der Waals surface area contributed by atoms with Gasteiger partial charge in [0.1, 0.15) is 0 Å². The van der Waals surface area contributed by atoms with E-state index in [0.717, 1.165) is 11.8 Å². The average Bonchev–Trinajstić information content (AvgIpc) is 2.21. The normalized spacial score (nSPS) is 47.3. The van der Waals surface area contributed by atoms with Gasteiger partial charge in [0.2, 0.25) is 0 Å². The van der Waals surface area contributed by atoms with Crippen molar-refractivity contribution in [2.75, 3.05) is 0 Å². The third kappa shape index (κ3) is 2.16. The fourth-order valence-corrected chi connectivity index (χ4v) is 4.55. The summed E-state index contributed by atoms with van der Waals surface area (Å²) in [5, 5.41) is 10.2. The monoisotopic (exact) mass is 238 g/mol. The molecule has 2 aliphatic carbocycles. The molecular weight excluding hydrogens is 208 g/mol. The van der Waals surface area contributed by atoms with Gasteiger partial charge in [-0.05, 0) is 54.8 Å². The van der Waals surface area contributed by atoms with Crippen LogP contribution >= 0.6 is 0 Å². The third-order valence-corrected chi connectivity index (χ3v) is 6.37. The Morgan fingerprint density at radius 2 is 1.88 bits per heavy atom. The fourth-order valence-electron chi connectivity index (χ4n) is 4.55. The summed E-state index contributed by atoms with van der Waals surface area (Å²) in [5.41, 5.74) is 0.620. The van der Waals surface area contributed by atoms with E-state index in [1.54, 1.807) is 0 Å². The van der Waals surface area contributed by atoms with Crippen LogP contribution in [0.2, 0.25) is 0 Å². The lowest BCUT2D eigenvalue weighted by Crippen LogP contribution is -2.49. The zero-order chi connectivity index (χ0) is 12.8. The average molecular weight is 238 g/mol. The molecule has 0 aromatic rings. The van der Waals surface area contributed by atoms with Gasteiger partial charge in [-0.15, -0.1) is 0 Å². The molecule has 0 aliphatic heterocycles. The molecule has 100 valence electrons. The summed E-state index contributed by atoms with van der Waals surface area (Å²) < 4.78 is 0. The zero-order valence-corrected chi connectivity index (χ0v) is 12.3. The maximum absolute atomic E-state index is 10.2. The standard InChI is InChI=1S/C16H30O/c1-11-9-13-7-6-8-15(3,4)14(13)10-16(11,5)12(2)17/h11-14,17H,6-10H2,1-5H3/t11-,12+,13+,14-,16-/m1/s1. The number of aliphatic hydroxyl groups excluding tert-OH is 1. The summed E-state index contributed by atoms with van der Waals surface area (Å²) in [6.45, 7) is 11.5. The van der Waals surface area contributed by atoms with Crippen LogP contribution in [-0.2, 0) is 0 Å². The molecule has 1 N–H and O–H groups in total. The Balaban J connectivity index is 2.23. The summed E-state index contributed by atoms with van der Waals surface area (Å²) in [4.78, 5) is 0. The van der Waals surface area contributed by atoms with Crippen molar-refractivity contribution in [1.29, 1.82) is 0 Å². The molecule has 1 nitrogen and oxygen atoms in total. The van der Waals surface area contributed by atoms with E-state index in [-0.39, 0.29) is 11.5 Å². The highest BCUT2D eigenvalue weighted by Gasteiger charge is 2.50. The molecule has 17 heavy (non-hydrogen) atoms. The van der Waals surface area contributed by atoms with Crippen molar-refractivity contribution in [3.8, 4) is 0 Å². The van der Waals surface area contributed by atoms with Crippen LogP contribution in [0.1, 0.15) is 66.7 Å². The molecule has 0 unspecified atom stereocenters. The highest BCUT2D eigenvalue weighted by atomic mass is 16.3. The molecule has 2 aliphatic rings. The first kappa shape index (κ1) is 13.4. The van der Waals surface area contributed by atoms with Crippen molar-refractivity contribution < 1.29 is 5.11 Å². The second-order valence-electron chi connectivity index (χ2n) is 7.77. The molecule has 0 amide bonds. The summed E-state index contributed by atoms with van der Waals surface area (Å²) in [5.74, 6) is 2.41. The highest BCUT2D eigenvalue weighted by molar-refractivity contribution is 5.00. The van der Waals surface area contributed by atoms with E-state index in [0.29, 0.717) is 11.3 Å². The van der Waals surface area contributed by atoms with Gasteiger partial charge in [-0.2, -0.15) is 0 Å². The number of hydrogen-bond donors (Lipinski definition) is 1. The van der Waals surface area contributed by atoms with Crippen LogP contribution in [0.15, 0.2) is 0 Å². The van der Waals surface area contributed by atoms with Gasteiger partial charge in [0.25, 0.3) is 0 Å². The molecule has 0 heterocycles. The van der Waals surface area contributed by atoms with Crippen LogP contribution in [0.3, 0.4) is 0 Å². The first-order valence-corrected chi connectivity index (χ1v) is 7.45. The van der Waals surface area contributed by atoms with Crippen molar-refractivity contribution in [2.45, 2.75) is 72.8 Å². The van der Waals surface area contributed by atoms with Crippen molar-refractivity contribution in [3.05, 3.63) is 0 Å². The summed E-state index contributed by atoms with van der Waals surface area (Å²) in [6, 6.07) is 0. The molecule has 0 bridgehead atoms. The summed E-state index contributed by atoms with van der Waals surface area (Å²) in [6.07, 6.45) is 6.59. The summed E-state index contributed by atoms with van der Waals surface area (Å²) >= 11 is 0. The second-order valence-corrected chi connectivity index (χ2v) is 7.77. The van der Waals surface area contributed by atoms with E-state index in [2.05, 4.69) is 27.7 Å². The van der Waals surface area contributed by atoms with Crippen molar-refractivity contribution >= 4 is 0 Å². The van der Waals surface area contributed by atoms with Gasteiger partial charge < -0.3 is 5.11 Å². The van der Waals surface area contributed by atoms with Gasteiger partial charge in [-0.25, -0.2) is 0 Å². The molecule has 0 aromatic heterocycles. The lowest BCUT2D eigenvalue weighted by atomic mass is 9.50. The predicted octanol–water partition coefficient (Wildman–Crippen LogP) is 4.25. The molecule has 0 saturated heterocycles. The Bertz CT molecular complexity index is 281. The van der Waals surface area contributed by atoms with E-state index in [9.17, 15) is 5.11 Å². The Hall–Kier alpha value is -0.0400.